The third-order valence-corrected chi connectivity index (χ3v) is 9.44. The second-order valence-corrected chi connectivity index (χ2v) is 12.5. The number of piperidine rings is 1. The Morgan fingerprint density at radius 2 is 1.72 bits per heavy atom. The van der Waals surface area contributed by atoms with E-state index in [0.717, 1.165) is 17.4 Å². The monoisotopic (exact) mass is 442 g/mol. The van der Waals surface area contributed by atoms with Gasteiger partial charge in [0.1, 0.15) is 0 Å². The molecule has 3 rings (SSSR count). The third-order valence-electron chi connectivity index (χ3n) is 6.19. The van der Waals surface area contributed by atoms with E-state index in [2.05, 4.69) is 4.72 Å². The van der Waals surface area contributed by atoms with Crippen molar-refractivity contribution in [2.45, 2.75) is 68.1 Å². The smallest absolute Gasteiger partial charge is 0.244 e. The number of likely N-dealkylation sites (tertiary alicyclic amines) is 1. The minimum atomic E-state index is -3.87. The molecule has 1 heterocycles. The van der Waals surface area contributed by atoms with E-state index in [0.29, 0.717) is 45.1 Å². The zero-order valence-electron chi connectivity index (χ0n) is 17.3. The number of sulfone groups is 1. The number of nitrogens with zero attached hydrogens (tertiary/aromatic N) is 1. The van der Waals surface area contributed by atoms with Crippen molar-refractivity contribution in [2.24, 2.45) is 0 Å². The molecule has 1 unspecified atom stereocenters. The van der Waals surface area contributed by atoms with Crippen molar-refractivity contribution in [3.8, 4) is 0 Å². The number of aryl methyl sites for hydroxylation is 2. The zero-order valence-corrected chi connectivity index (χ0v) is 18.9. The van der Waals surface area contributed by atoms with Gasteiger partial charge in [0.2, 0.25) is 15.9 Å². The van der Waals surface area contributed by atoms with E-state index in [1.165, 1.54) is 0 Å². The molecule has 29 heavy (non-hydrogen) atoms. The Balaban J connectivity index is 1.93. The van der Waals surface area contributed by atoms with E-state index in [4.69, 9.17) is 0 Å². The quantitative estimate of drug-likeness (QED) is 0.751. The first kappa shape index (κ1) is 22.2. The standard InChI is InChI=1S/C20H30N2O5S2/c1-15-8-9-18(13-16(15)2)29(26,27)20(10-4-5-11-20)19(23)22-12-6-7-17(14-22)21-28(3,24)25/h8-9,13,17,21H,4-7,10-12,14H2,1-3H3. The summed E-state index contributed by atoms with van der Waals surface area (Å²) in [6, 6.07) is 4.64. The van der Waals surface area contributed by atoms with Crippen LogP contribution in [0.1, 0.15) is 49.7 Å². The van der Waals surface area contributed by atoms with Gasteiger partial charge in [-0.1, -0.05) is 18.9 Å². The summed E-state index contributed by atoms with van der Waals surface area (Å²) in [6.07, 6.45) is 4.36. The average Bonchev–Trinajstić information content (AvgIpc) is 3.13. The number of carbonyl (C=O) groups is 1. The highest BCUT2D eigenvalue weighted by molar-refractivity contribution is 7.93. The van der Waals surface area contributed by atoms with Gasteiger partial charge in [-0.25, -0.2) is 21.6 Å². The Kier molecular flexibility index (Phi) is 6.13. The van der Waals surface area contributed by atoms with Gasteiger partial charge in [0.25, 0.3) is 0 Å². The summed E-state index contributed by atoms with van der Waals surface area (Å²) in [4.78, 5) is 15.3. The number of carbonyl (C=O) groups excluding carboxylic acids is 1. The highest BCUT2D eigenvalue weighted by atomic mass is 32.2. The first-order valence-corrected chi connectivity index (χ1v) is 13.4. The molecule has 7 nitrogen and oxygen atoms in total. The summed E-state index contributed by atoms with van der Waals surface area (Å²) in [5.41, 5.74) is 1.88. The van der Waals surface area contributed by atoms with E-state index in [-0.39, 0.29) is 23.4 Å². The molecule has 162 valence electrons. The second kappa shape index (κ2) is 8.00. The van der Waals surface area contributed by atoms with Crippen molar-refractivity contribution in [1.29, 1.82) is 0 Å². The number of hydrogen-bond donors (Lipinski definition) is 1. The van der Waals surface area contributed by atoms with Crippen molar-refractivity contribution in [3.05, 3.63) is 29.3 Å². The van der Waals surface area contributed by atoms with Crippen LogP contribution in [0.2, 0.25) is 0 Å². The molecular weight excluding hydrogens is 412 g/mol. The fourth-order valence-electron chi connectivity index (χ4n) is 4.50. The number of sulfonamides is 1. The number of amides is 1. The van der Waals surface area contributed by atoms with Crippen molar-refractivity contribution in [3.63, 3.8) is 0 Å². The van der Waals surface area contributed by atoms with Gasteiger partial charge in [0.05, 0.1) is 11.2 Å². The summed E-state index contributed by atoms with van der Waals surface area (Å²) in [6.45, 7) is 4.44. The van der Waals surface area contributed by atoms with Crippen LogP contribution < -0.4 is 4.72 Å². The SMILES string of the molecule is Cc1ccc(S(=O)(=O)C2(C(=O)N3CCCC(NS(C)(=O)=O)C3)CCCC2)cc1C. The molecule has 0 bridgehead atoms. The fraction of sp³-hybridized carbons (Fsp3) is 0.650. The molecule has 2 aliphatic rings. The third kappa shape index (κ3) is 4.36. The van der Waals surface area contributed by atoms with Gasteiger partial charge in [-0.2, -0.15) is 0 Å². The average molecular weight is 443 g/mol. The largest absolute Gasteiger partial charge is 0.340 e. The van der Waals surface area contributed by atoms with Crippen LogP contribution in [0.15, 0.2) is 23.1 Å². The van der Waals surface area contributed by atoms with Crippen LogP contribution >= 0.6 is 0 Å². The molecule has 2 fully saturated rings. The van der Waals surface area contributed by atoms with Gasteiger partial charge < -0.3 is 4.90 Å². The number of benzene rings is 1. The van der Waals surface area contributed by atoms with E-state index in [1.807, 2.05) is 13.8 Å². The lowest BCUT2D eigenvalue weighted by Gasteiger charge is -2.38. The van der Waals surface area contributed by atoms with Crippen LogP contribution in [0, 0.1) is 13.8 Å². The van der Waals surface area contributed by atoms with Crippen molar-refractivity contribution in [2.75, 3.05) is 19.3 Å². The molecule has 0 spiro atoms. The summed E-state index contributed by atoms with van der Waals surface area (Å²) < 4.78 is 51.6. The Morgan fingerprint density at radius 1 is 1.07 bits per heavy atom. The predicted molar refractivity (Wildman–Crippen MR) is 112 cm³/mol. The highest BCUT2D eigenvalue weighted by Gasteiger charge is 2.54. The van der Waals surface area contributed by atoms with E-state index >= 15 is 0 Å². The maximum absolute atomic E-state index is 13.7. The van der Waals surface area contributed by atoms with E-state index < -0.39 is 24.6 Å². The molecule has 9 heteroatoms. The lowest BCUT2D eigenvalue weighted by atomic mass is 10.0. The van der Waals surface area contributed by atoms with Crippen LogP contribution in [0.25, 0.3) is 0 Å². The first-order chi connectivity index (χ1) is 13.5. The molecule has 0 radical (unpaired) electrons. The molecular formula is C20H30N2O5S2. The molecule has 1 N–H and O–H groups in total. The van der Waals surface area contributed by atoms with E-state index in [9.17, 15) is 21.6 Å². The number of nitrogens with one attached hydrogen (secondary N) is 1. The molecule has 1 atom stereocenters. The van der Waals surface area contributed by atoms with Crippen LogP contribution in [0.4, 0.5) is 0 Å². The van der Waals surface area contributed by atoms with Gasteiger partial charge in [-0.3, -0.25) is 4.79 Å². The summed E-state index contributed by atoms with van der Waals surface area (Å²) in [7, 11) is -7.26. The van der Waals surface area contributed by atoms with Gasteiger partial charge in [0, 0.05) is 19.1 Å². The topological polar surface area (TPSA) is 101 Å². The molecule has 1 aliphatic heterocycles. The van der Waals surface area contributed by atoms with Gasteiger partial charge in [-0.05, 0) is 62.8 Å². The van der Waals surface area contributed by atoms with Crippen molar-refractivity contribution in [1.82, 2.24) is 9.62 Å². The van der Waals surface area contributed by atoms with Crippen LogP contribution in [0.3, 0.4) is 0 Å². The van der Waals surface area contributed by atoms with Gasteiger partial charge in [0.15, 0.2) is 14.6 Å². The molecule has 1 amide bonds. The van der Waals surface area contributed by atoms with Gasteiger partial charge in [-0.15, -0.1) is 0 Å². The van der Waals surface area contributed by atoms with Crippen LogP contribution in [-0.4, -0.2) is 57.8 Å². The number of rotatable bonds is 5. The molecule has 1 aliphatic carbocycles. The summed E-state index contributed by atoms with van der Waals surface area (Å²) >= 11 is 0. The maximum Gasteiger partial charge on any atom is 0.244 e. The molecule has 1 aromatic carbocycles. The Hall–Kier alpha value is -1.45. The minimum Gasteiger partial charge on any atom is -0.340 e. The highest BCUT2D eigenvalue weighted by Crippen LogP contribution is 2.42. The minimum absolute atomic E-state index is 0.193. The Bertz CT molecular complexity index is 996. The number of hydrogen-bond acceptors (Lipinski definition) is 5. The Morgan fingerprint density at radius 3 is 2.31 bits per heavy atom. The van der Waals surface area contributed by atoms with Crippen molar-refractivity contribution >= 4 is 25.8 Å². The fourth-order valence-corrected chi connectivity index (χ4v) is 7.51. The molecule has 1 saturated carbocycles. The van der Waals surface area contributed by atoms with Crippen molar-refractivity contribution < 1.29 is 21.6 Å². The zero-order chi connectivity index (χ0) is 21.4. The molecule has 0 aromatic heterocycles. The maximum atomic E-state index is 13.7. The summed E-state index contributed by atoms with van der Waals surface area (Å²) in [5, 5.41) is 0. The lowest BCUT2D eigenvalue weighted by molar-refractivity contribution is -0.135. The lowest BCUT2D eigenvalue weighted by Crippen LogP contribution is -2.57. The van der Waals surface area contributed by atoms with Crippen LogP contribution in [-0.2, 0) is 24.7 Å². The Labute approximate surface area is 173 Å². The van der Waals surface area contributed by atoms with Gasteiger partial charge >= 0.3 is 0 Å². The second-order valence-electron chi connectivity index (χ2n) is 8.43. The predicted octanol–water partition coefficient (Wildman–Crippen LogP) is 1.93. The molecule has 1 aromatic rings. The first-order valence-electron chi connectivity index (χ1n) is 10.0. The normalized spacial score (nSPS) is 22.6. The van der Waals surface area contributed by atoms with Crippen LogP contribution in [0.5, 0.6) is 0 Å². The summed E-state index contributed by atoms with van der Waals surface area (Å²) in [5.74, 6) is -0.381. The molecule has 1 saturated heterocycles. The van der Waals surface area contributed by atoms with E-state index in [1.54, 1.807) is 23.1 Å².